The molecule has 0 spiro atoms. The lowest BCUT2D eigenvalue weighted by Crippen LogP contribution is -2.02. The van der Waals surface area contributed by atoms with Crippen LogP contribution in [-0.4, -0.2) is 18.3 Å². The topological polar surface area (TPSA) is 55.5 Å². The largest absolute Gasteiger partial charge is 0.491 e. The van der Waals surface area contributed by atoms with E-state index in [1.54, 1.807) is 0 Å². The van der Waals surface area contributed by atoms with Gasteiger partial charge in [0.15, 0.2) is 0 Å². The van der Waals surface area contributed by atoms with Crippen LogP contribution in [0.4, 0.5) is 0 Å². The zero-order valence-corrected chi connectivity index (χ0v) is 6.86. The first-order valence-electron chi connectivity index (χ1n) is 3.89. The second kappa shape index (κ2) is 4.74. The van der Waals surface area contributed by atoms with E-state index >= 15 is 0 Å². The third-order valence-corrected chi connectivity index (χ3v) is 1.49. The fourth-order valence-electron chi connectivity index (χ4n) is 0.926. The standard InChI is InChI=1S/C9H13NO2/c10-7-8-2-1-3-9(6-8)12-5-4-11/h1-3,6,11H,4-5,7,10H2. The third kappa shape index (κ3) is 2.53. The highest BCUT2D eigenvalue weighted by Gasteiger charge is 1.93. The van der Waals surface area contributed by atoms with Gasteiger partial charge >= 0.3 is 0 Å². The van der Waals surface area contributed by atoms with E-state index < -0.39 is 0 Å². The zero-order chi connectivity index (χ0) is 8.81. The molecule has 1 aromatic rings. The maximum atomic E-state index is 8.50. The molecule has 0 saturated carbocycles. The van der Waals surface area contributed by atoms with Gasteiger partial charge in [0.1, 0.15) is 12.4 Å². The molecule has 1 rings (SSSR count). The normalized spacial score (nSPS) is 9.83. The quantitative estimate of drug-likeness (QED) is 0.687. The summed E-state index contributed by atoms with van der Waals surface area (Å²) in [7, 11) is 0. The van der Waals surface area contributed by atoms with Crippen LogP contribution in [0.25, 0.3) is 0 Å². The molecule has 0 amide bonds. The van der Waals surface area contributed by atoms with Crippen LogP contribution in [0.15, 0.2) is 24.3 Å². The Hall–Kier alpha value is -1.06. The number of ether oxygens (including phenoxy) is 1. The molecule has 0 radical (unpaired) electrons. The average molecular weight is 167 g/mol. The molecule has 0 aromatic heterocycles. The monoisotopic (exact) mass is 167 g/mol. The fourth-order valence-corrected chi connectivity index (χ4v) is 0.926. The summed E-state index contributed by atoms with van der Waals surface area (Å²) >= 11 is 0. The zero-order valence-electron chi connectivity index (χ0n) is 6.86. The molecule has 0 bridgehead atoms. The number of hydrogen-bond donors (Lipinski definition) is 2. The Kier molecular flexibility index (Phi) is 3.57. The number of aliphatic hydroxyl groups is 1. The molecule has 0 unspecified atom stereocenters. The van der Waals surface area contributed by atoms with E-state index in [0.29, 0.717) is 13.2 Å². The van der Waals surface area contributed by atoms with E-state index in [0.717, 1.165) is 11.3 Å². The van der Waals surface area contributed by atoms with Crippen molar-refractivity contribution >= 4 is 0 Å². The van der Waals surface area contributed by atoms with Crippen LogP contribution in [0.1, 0.15) is 5.56 Å². The van der Waals surface area contributed by atoms with E-state index in [9.17, 15) is 0 Å². The number of benzene rings is 1. The van der Waals surface area contributed by atoms with Crippen molar-refractivity contribution < 1.29 is 9.84 Å². The Morgan fingerprint density at radius 1 is 1.42 bits per heavy atom. The predicted octanol–water partition coefficient (Wildman–Crippen LogP) is 0.516. The SMILES string of the molecule is NCc1cccc(OCCO)c1. The number of rotatable bonds is 4. The molecule has 0 aliphatic heterocycles. The van der Waals surface area contributed by atoms with Crippen molar-refractivity contribution in [1.82, 2.24) is 0 Å². The molecule has 0 aliphatic carbocycles. The molecule has 12 heavy (non-hydrogen) atoms. The molecule has 1 aromatic carbocycles. The van der Waals surface area contributed by atoms with Crippen LogP contribution < -0.4 is 10.5 Å². The van der Waals surface area contributed by atoms with Gasteiger partial charge in [-0.3, -0.25) is 0 Å². The molecular formula is C9H13NO2. The number of hydrogen-bond acceptors (Lipinski definition) is 3. The van der Waals surface area contributed by atoms with Crippen molar-refractivity contribution in [2.24, 2.45) is 5.73 Å². The first-order valence-corrected chi connectivity index (χ1v) is 3.89. The predicted molar refractivity (Wildman–Crippen MR) is 46.9 cm³/mol. The summed E-state index contributed by atoms with van der Waals surface area (Å²) in [4.78, 5) is 0. The molecule has 3 nitrogen and oxygen atoms in total. The lowest BCUT2D eigenvalue weighted by atomic mass is 10.2. The molecule has 0 atom stereocenters. The van der Waals surface area contributed by atoms with Gasteiger partial charge in [-0.1, -0.05) is 12.1 Å². The minimum Gasteiger partial charge on any atom is -0.491 e. The smallest absolute Gasteiger partial charge is 0.119 e. The van der Waals surface area contributed by atoms with Gasteiger partial charge in [0, 0.05) is 6.54 Å². The maximum Gasteiger partial charge on any atom is 0.119 e. The summed E-state index contributed by atoms with van der Waals surface area (Å²) in [5.41, 5.74) is 6.48. The van der Waals surface area contributed by atoms with E-state index in [4.69, 9.17) is 15.6 Å². The van der Waals surface area contributed by atoms with Crippen LogP contribution in [0.5, 0.6) is 5.75 Å². The summed E-state index contributed by atoms with van der Waals surface area (Å²) in [6, 6.07) is 7.53. The van der Waals surface area contributed by atoms with Gasteiger partial charge in [0.2, 0.25) is 0 Å². The van der Waals surface area contributed by atoms with Gasteiger partial charge in [-0.15, -0.1) is 0 Å². The van der Waals surface area contributed by atoms with Crippen LogP contribution in [-0.2, 0) is 6.54 Å². The Morgan fingerprint density at radius 3 is 2.92 bits per heavy atom. The van der Waals surface area contributed by atoms with Crippen molar-refractivity contribution in [2.75, 3.05) is 13.2 Å². The molecular weight excluding hydrogens is 154 g/mol. The van der Waals surface area contributed by atoms with Crippen molar-refractivity contribution in [3.8, 4) is 5.75 Å². The Bertz CT molecular complexity index is 238. The molecule has 3 N–H and O–H groups in total. The second-order valence-corrected chi connectivity index (χ2v) is 2.42. The molecule has 0 fully saturated rings. The molecule has 3 heteroatoms. The van der Waals surface area contributed by atoms with E-state index in [1.165, 1.54) is 0 Å². The summed E-state index contributed by atoms with van der Waals surface area (Å²) in [6.45, 7) is 0.872. The minimum absolute atomic E-state index is 0.0346. The number of aliphatic hydroxyl groups excluding tert-OH is 1. The van der Waals surface area contributed by atoms with Gasteiger partial charge in [-0.2, -0.15) is 0 Å². The van der Waals surface area contributed by atoms with Crippen molar-refractivity contribution in [3.05, 3.63) is 29.8 Å². The van der Waals surface area contributed by atoms with Crippen LogP contribution >= 0.6 is 0 Å². The van der Waals surface area contributed by atoms with Gasteiger partial charge in [0.05, 0.1) is 6.61 Å². The highest BCUT2D eigenvalue weighted by molar-refractivity contribution is 5.28. The molecule has 0 heterocycles. The van der Waals surface area contributed by atoms with Gasteiger partial charge < -0.3 is 15.6 Å². The minimum atomic E-state index is 0.0346. The Morgan fingerprint density at radius 2 is 2.25 bits per heavy atom. The van der Waals surface area contributed by atoms with E-state index in [1.807, 2.05) is 24.3 Å². The second-order valence-electron chi connectivity index (χ2n) is 2.42. The number of nitrogens with two attached hydrogens (primary N) is 1. The maximum absolute atomic E-state index is 8.50. The summed E-state index contributed by atoms with van der Waals surface area (Å²) in [5.74, 6) is 0.756. The van der Waals surface area contributed by atoms with Crippen LogP contribution in [0, 0.1) is 0 Å². The van der Waals surface area contributed by atoms with Gasteiger partial charge in [-0.25, -0.2) is 0 Å². The lowest BCUT2D eigenvalue weighted by Gasteiger charge is -2.04. The van der Waals surface area contributed by atoms with Gasteiger partial charge in [-0.05, 0) is 17.7 Å². The third-order valence-electron chi connectivity index (χ3n) is 1.49. The summed E-state index contributed by atoms with van der Waals surface area (Å²) in [5, 5.41) is 8.50. The first kappa shape index (κ1) is 9.03. The van der Waals surface area contributed by atoms with Crippen LogP contribution in [0.2, 0.25) is 0 Å². The lowest BCUT2D eigenvalue weighted by molar-refractivity contribution is 0.201. The highest BCUT2D eigenvalue weighted by Crippen LogP contribution is 2.12. The molecule has 66 valence electrons. The summed E-state index contributed by atoms with van der Waals surface area (Å²) in [6.07, 6.45) is 0. The average Bonchev–Trinajstić information content (AvgIpc) is 2.15. The van der Waals surface area contributed by atoms with Crippen molar-refractivity contribution in [1.29, 1.82) is 0 Å². The molecule has 0 aliphatic rings. The Labute approximate surface area is 71.8 Å². The van der Waals surface area contributed by atoms with Crippen molar-refractivity contribution in [2.45, 2.75) is 6.54 Å². The Balaban J connectivity index is 2.60. The van der Waals surface area contributed by atoms with E-state index in [-0.39, 0.29) is 6.61 Å². The van der Waals surface area contributed by atoms with Gasteiger partial charge in [0.25, 0.3) is 0 Å². The van der Waals surface area contributed by atoms with Crippen LogP contribution in [0.3, 0.4) is 0 Å². The fraction of sp³-hybridized carbons (Fsp3) is 0.333. The molecule has 0 saturated heterocycles. The van der Waals surface area contributed by atoms with E-state index in [2.05, 4.69) is 0 Å². The first-order chi connectivity index (χ1) is 5.86. The highest BCUT2D eigenvalue weighted by atomic mass is 16.5. The van der Waals surface area contributed by atoms with Crippen molar-refractivity contribution in [3.63, 3.8) is 0 Å². The summed E-state index contributed by atoms with van der Waals surface area (Å²) < 4.78 is 5.19.